The molecule has 1 aromatic carbocycles. The zero-order valence-electron chi connectivity index (χ0n) is 11.9. The summed E-state index contributed by atoms with van der Waals surface area (Å²) in [6.45, 7) is -1.12. The van der Waals surface area contributed by atoms with Crippen molar-refractivity contribution >= 4 is 22.8 Å². The number of rotatable bonds is 2. The van der Waals surface area contributed by atoms with Gasteiger partial charge in [0.05, 0.1) is 11.1 Å². The van der Waals surface area contributed by atoms with Crippen LogP contribution in [0.1, 0.15) is 16.8 Å². The van der Waals surface area contributed by atoms with Crippen molar-refractivity contribution in [1.29, 1.82) is 0 Å². The number of carbonyl (C=O) groups is 2. The fourth-order valence-electron chi connectivity index (χ4n) is 2.94. The number of carboxylic acid groups (broad SMARTS) is 1. The lowest BCUT2D eigenvalue weighted by Gasteiger charge is -2.27. The van der Waals surface area contributed by atoms with E-state index in [1.807, 2.05) is 0 Å². The molecule has 0 spiro atoms. The van der Waals surface area contributed by atoms with Gasteiger partial charge in [0.2, 0.25) is 0 Å². The first-order chi connectivity index (χ1) is 10.8. The molecule has 2 heterocycles. The number of carbonyl (C=O) groups excluding carboxylic acids is 1. The molecule has 1 atom stereocenters. The first-order valence-corrected chi connectivity index (χ1v) is 6.92. The predicted octanol–water partition coefficient (Wildman–Crippen LogP) is 2.65. The molecule has 2 N–H and O–H groups in total. The van der Waals surface area contributed by atoms with Gasteiger partial charge in [-0.15, -0.1) is 0 Å². The van der Waals surface area contributed by atoms with Crippen LogP contribution in [0, 0.1) is 5.41 Å². The summed E-state index contributed by atoms with van der Waals surface area (Å²) in [6, 6.07) is 6.65. The van der Waals surface area contributed by atoms with Gasteiger partial charge in [0, 0.05) is 24.7 Å². The second-order valence-corrected chi connectivity index (χ2v) is 5.61. The van der Waals surface area contributed by atoms with Crippen molar-refractivity contribution in [2.45, 2.75) is 12.6 Å². The second kappa shape index (κ2) is 5.00. The number of benzene rings is 1. The molecule has 122 valence electrons. The first-order valence-electron chi connectivity index (χ1n) is 6.92. The van der Waals surface area contributed by atoms with E-state index < -0.39 is 36.4 Å². The van der Waals surface area contributed by atoms with Crippen LogP contribution < -0.4 is 0 Å². The number of aromatic nitrogens is 1. The third-order valence-electron chi connectivity index (χ3n) is 4.33. The zero-order chi connectivity index (χ0) is 16.8. The summed E-state index contributed by atoms with van der Waals surface area (Å²) in [4.78, 5) is 27.6. The normalized spacial score (nSPS) is 21.8. The number of likely N-dealkylation sites (tertiary alicyclic amines) is 1. The molecule has 1 unspecified atom stereocenters. The Balaban J connectivity index is 1.94. The van der Waals surface area contributed by atoms with E-state index in [0.717, 1.165) is 10.3 Å². The number of halogens is 3. The molecule has 1 aromatic heterocycles. The Morgan fingerprint density at radius 1 is 1.26 bits per heavy atom. The maximum Gasteiger partial charge on any atom is 0.406 e. The van der Waals surface area contributed by atoms with E-state index in [-0.39, 0.29) is 12.1 Å². The van der Waals surface area contributed by atoms with Crippen LogP contribution in [0.25, 0.3) is 10.9 Å². The van der Waals surface area contributed by atoms with Crippen LogP contribution in [0.4, 0.5) is 13.2 Å². The highest BCUT2D eigenvalue weighted by molar-refractivity contribution is 6.06. The molecule has 5 nitrogen and oxygen atoms in total. The van der Waals surface area contributed by atoms with Gasteiger partial charge < -0.3 is 15.0 Å². The highest BCUT2D eigenvalue weighted by atomic mass is 19.4. The molecule has 1 aliphatic rings. The number of H-pyrrole nitrogens is 1. The maximum atomic E-state index is 13.2. The van der Waals surface area contributed by atoms with Crippen LogP contribution >= 0.6 is 0 Å². The summed E-state index contributed by atoms with van der Waals surface area (Å²) in [5.41, 5.74) is -2.14. The van der Waals surface area contributed by atoms with Crippen LogP contribution in [0.15, 0.2) is 30.5 Å². The Labute approximate surface area is 128 Å². The number of para-hydroxylation sites is 1. The molecule has 23 heavy (non-hydrogen) atoms. The Bertz CT molecular complexity index is 784. The van der Waals surface area contributed by atoms with Gasteiger partial charge in [-0.1, -0.05) is 12.1 Å². The van der Waals surface area contributed by atoms with Crippen molar-refractivity contribution in [3.05, 3.63) is 36.0 Å². The number of nitrogens with zero attached hydrogens (tertiary/aromatic N) is 1. The van der Waals surface area contributed by atoms with Gasteiger partial charge in [0.1, 0.15) is 0 Å². The number of aromatic amines is 1. The minimum Gasteiger partial charge on any atom is -0.481 e. The van der Waals surface area contributed by atoms with Gasteiger partial charge in [0.25, 0.3) is 5.91 Å². The number of aliphatic carboxylic acids is 1. The Morgan fingerprint density at radius 3 is 2.61 bits per heavy atom. The summed E-state index contributed by atoms with van der Waals surface area (Å²) >= 11 is 0. The summed E-state index contributed by atoms with van der Waals surface area (Å²) < 4.78 is 39.6. The predicted molar refractivity (Wildman–Crippen MR) is 74.9 cm³/mol. The Hall–Kier alpha value is -2.51. The van der Waals surface area contributed by atoms with Gasteiger partial charge in [0.15, 0.2) is 5.41 Å². The van der Waals surface area contributed by atoms with E-state index in [2.05, 4.69) is 4.98 Å². The molecular formula is C15H13F3N2O3. The van der Waals surface area contributed by atoms with E-state index in [9.17, 15) is 22.8 Å². The molecule has 1 fully saturated rings. The number of fused-ring (bicyclic) bond motifs is 1. The Kier molecular flexibility index (Phi) is 3.35. The smallest absolute Gasteiger partial charge is 0.406 e. The monoisotopic (exact) mass is 326 g/mol. The molecule has 8 heteroatoms. The van der Waals surface area contributed by atoms with Gasteiger partial charge >= 0.3 is 12.1 Å². The molecule has 1 amide bonds. The quantitative estimate of drug-likeness (QED) is 0.891. The molecule has 0 bridgehead atoms. The molecule has 0 radical (unpaired) electrons. The fraction of sp³-hybridized carbons (Fsp3) is 0.333. The Morgan fingerprint density at radius 2 is 2.00 bits per heavy atom. The van der Waals surface area contributed by atoms with Gasteiger partial charge in [-0.3, -0.25) is 9.59 Å². The second-order valence-electron chi connectivity index (χ2n) is 5.61. The SMILES string of the molecule is O=C(c1cccc2cc[nH]c12)N1CCC(C(=O)O)(C(F)(F)F)C1. The van der Waals surface area contributed by atoms with Crippen molar-refractivity contribution < 1.29 is 27.9 Å². The lowest BCUT2D eigenvalue weighted by atomic mass is 9.86. The lowest BCUT2D eigenvalue weighted by Crippen LogP contribution is -2.47. The fourth-order valence-corrected chi connectivity index (χ4v) is 2.94. The average Bonchev–Trinajstić information content (AvgIpc) is 3.12. The van der Waals surface area contributed by atoms with Gasteiger partial charge in [-0.2, -0.15) is 13.2 Å². The van der Waals surface area contributed by atoms with E-state index in [1.54, 1.807) is 24.4 Å². The van der Waals surface area contributed by atoms with Crippen LogP contribution in [0.5, 0.6) is 0 Å². The van der Waals surface area contributed by atoms with Crippen LogP contribution in [-0.2, 0) is 4.79 Å². The standard InChI is InChI=1S/C15H13F3N2O3/c16-15(17,18)14(13(22)23)5-7-20(8-14)12(21)10-3-1-2-9-4-6-19-11(9)10/h1-4,6,19H,5,7-8H2,(H,22,23). The minimum atomic E-state index is -4.91. The van der Waals surface area contributed by atoms with Gasteiger partial charge in [-0.05, 0) is 18.6 Å². The van der Waals surface area contributed by atoms with Crippen molar-refractivity contribution in [1.82, 2.24) is 9.88 Å². The molecule has 1 saturated heterocycles. The number of hydrogen-bond acceptors (Lipinski definition) is 2. The maximum absolute atomic E-state index is 13.2. The van der Waals surface area contributed by atoms with Crippen molar-refractivity contribution in [2.75, 3.05) is 13.1 Å². The zero-order valence-corrected chi connectivity index (χ0v) is 11.9. The number of alkyl halides is 3. The van der Waals surface area contributed by atoms with Crippen LogP contribution in [-0.4, -0.2) is 46.1 Å². The summed E-state index contributed by atoms with van der Waals surface area (Å²) in [5.74, 6) is -2.55. The molecule has 2 aromatic rings. The number of hydrogen-bond donors (Lipinski definition) is 2. The number of amides is 1. The van der Waals surface area contributed by atoms with Crippen LogP contribution in [0.3, 0.4) is 0 Å². The van der Waals surface area contributed by atoms with E-state index >= 15 is 0 Å². The average molecular weight is 326 g/mol. The van der Waals surface area contributed by atoms with E-state index in [1.165, 1.54) is 6.07 Å². The summed E-state index contributed by atoms with van der Waals surface area (Å²) in [6.07, 6.45) is -3.92. The van der Waals surface area contributed by atoms with Crippen molar-refractivity contribution in [3.63, 3.8) is 0 Å². The lowest BCUT2D eigenvalue weighted by molar-refractivity contribution is -0.227. The summed E-state index contributed by atoms with van der Waals surface area (Å²) in [7, 11) is 0. The number of nitrogens with one attached hydrogen (secondary N) is 1. The van der Waals surface area contributed by atoms with Crippen molar-refractivity contribution in [2.24, 2.45) is 5.41 Å². The van der Waals surface area contributed by atoms with Crippen molar-refractivity contribution in [3.8, 4) is 0 Å². The molecule has 0 saturated carbocycles. The molecular weight excluding hydrogens is 313 g/mol. The highest BCUT2D eigenvalue weighted by Gasteiger charge is 2.64. The molecule has 0 aliphatic carbocycles. The van der Waals surface area contributed by atoms with E-state index in [0.29, 0.717) is 5.52 Å². The van der Waals surface area contributed by atoms with Gasteiger partial charge in [-0.25, -0.2) is 0 Å². The number of carboxylic acids is 1. The highest BCUT2D eigenvalue weighted by Crippen LogP contribution is 2.46. The third kappa shape index (κ3) is 2.25. The first kappa shape index (κ1) is 15.4. The molecule has 3 rings (SSSR count). The topological polar surface area (TPSA) is 73.4 Å². The molecule has 1 aliphatic heterocycles. The summed E-state index contributed by atoms with van der Waals surface area (Å²) in [5, 5.41) is 9.80. The third-order valence-corrected chi connectivity index (χ3v) is 4.33. The largest absolute Gasteiger partial charge is 0.481 e. The van der Waals surface area contributed by atoms with Crippen LogP contribution in [0.2, 0.25) is 0 Å². The minimum absolute atomic E-state index is 0.232. The van der Waals surface area contributed by atoms with E-state index in [4.69, 9.17) is 5.11 Å².